The Labute approximate surface area is 115 Å². The minimum atomic E-state index is 0.410. The number of rotatable bonds is 2. The Morgan fingerprint density at radius 2 is 1.85 bits per heavy atom. The predicted octanol–water partition coefficient (Wildman–Crippen LogP) is 2.98. The van der Waals surface area contributed by atoms with Gasteiger partial charge in [0.25, 0.3) is 5.89 Å². The number of pyridine rings is 1. The Bertz CT molecular complexity index is 784. The minimum Gasteiger partial charge on any atom is -0.334 e. The predicted molar refractivity (Wildman–Crippen MR) is 72.4 cm³/mol. The lowest BCUT2D eigenvalue weighted by atomic mass is 10.1. The number of hydrogen-bond acceptors (Lipinski definition) is 5. The van der Waals surface area contributed by atoms with Crippen molar-refractivity contribution < 1.29 is 4.52 Å². The quantitative estimate of drug-likeness (QED) is 0.709. The molecule has 1 aromatic carbocycles. The Hall–Kier alpha value is -3.00. The number of aryl methyl sites for hydroxylation is 1. The van der Waals surface area contributed by atoms with Crippen LogP contribution in [0.25, 0.3) is 23.0 Å². The van der Waals surface area contributed by atoms with Gasteiger partial charge < -0.3 is 4.52 Å². The summed E-state index contributed by atoms with van der Waals surface area (Å²) in [4.78, 5) is 8.67. The molecule has 0 saturated carbocycles. The third-order valence-corrected chi connectivity index (χ3v) is 2.80. The fourth-order valence-electron chi connectivity index (χ4n) is 1.80. The molecule has 0 aliphatic rings. The van der Waals surface area contributed by atoms with Gasteiger partial charge in [-0.3, -0.25) is 0 Å². The van der Waals surface area contributed by atoms with Crippen LogP contribution >= 0.6 is 0 Å². The summed E-state index contributed by atoms with van der Waals surface area (Å²) in [6.07, 6.45) is 0. The van der Waals surface area contributed by atoms with Gasteiger partial charge in [-0.25, -0.2) is 4.98 Å². The van der Waals surface area contributed by atoms with Gasteiger partial charge in [-0.05, 0) is 43.3 Å². The van der Waals surface area contributed by atoms with E-state index in [1.165, 1.54) is 0 Å². The second kappa shape index (κ2) is 4.94. The van der Waals surface area contributed by atoms with Crippen molar-refractivity contribution in [3.63, 3.8) is 0 Å². The molecule has 0 saturated heterocycles. The number of aromatic nitrogens is 3. The molecule has 2 heterocycles. The highest BCUT2D eigenvalue weighted by molar-refractivity contribution is 5.58. The number of nitrogens with zero attached hydrogens (tertiary/aromatic N) is 4. The molecule has 0 N–H and O–H groups in total. The van der Waals surface area contributed by atoms with Crippen LogP contribution in [0, 0.1) is 18.3 Å². The Morgan fingerprint density at radius 3 is 2.55 bits per heavy atom. The van der Waals surface area contributed by atoms with E-state index >= 15 is 0 Å². The summed E-state index contributed by atoms with van der Waals surface area (Å²) in [6, 6.07) is 14.7. The van der Waals surface area contributed by atoms with E-state index in [1.807, 2.05) is 25.1 Å². The summed E-state index contributed by atoms with van der Waals surface area (Å²) >= 11 is 0. The highest BCUT2D eigenvalue weighted by Gasteiger charge is 2.11. The Morgan fingerprint density at radius 1 is 1.05 bits per heavy atom. The molecule has 0 fully saturated rings. The molecule has 0 atom stereocenters. The molecule has 0 bridgehead atoms. The maximum atomic E-state index is 8.77. The van der Waals surface area contributed by atoms with E-state index in [9.17, 15) is 0 Å². The van der Waals surface area contributed by atoms with Crippen LogP contribution in [0.15, 0.2) is 47.0 Å². The van der Waals surface area contributed by atoms with Crippen LogP contribution in [0.4, 0.5) is 0 Å². The summed E-state index contributed by atoms with van der Waals surface area (Å²) in [7, 11) is 0. The lowest BCUT2D eigenvalue weighted by molar-refractivity contribution is 0.432. The fourth-order valence-corrected chi connectivity index (χ4v) is 1.80. The molecule has 0 radical (unpaired) electrons. The molecule has 5 nitrogen and oxygen atoms in total. The van der Waals surface area contributed by atoms with Crippen molar-refractivity contribution in [1.82, 2.24) is 15.1 Å². The molecule has 3 aromatic rings. The van der Waals surface area contributed by atoms with Crippen LogP contribution in [-0.4, -0.2) is 15.1 Å². The van der Waals surface area contributed by atoms with Crippen molar-refractivity contribution in [2.75, 3.05) is 0 Å². The van der Waals surface area contributed by atoms with Crippen molar-refractivity contribution >= 4 is 0 Å². The third-order valence-electron chi connectivity index (χ3n) is 2.80. The number of benzene rings is 1. The Kier molecular flexibility index (Phi) is 2.98. The van der Waals surface area contributed by atoms with Gasteiger partial charge in [0.1, 0.15) is 5.69 Å². The normalized spacial score (nSPS) is 10.2. The molecule has 0 aliphatic heterocycles. The van der Waals surface area contributed by atoms with E-state index in [2.05, 4.69) is 21.2 Å². The molecule has 2 aromatic heterocycles. The molecule has 5 heteroatoms. The maximum absolute atomic E-state index is 8.77. The average molecular weight is 262 g/mol. The van der Waals surface area contributed by atoms with Gasteiger partial charge in [0, 0.05) is 11.3 Å². The van der Waals surface area contributed by atoms with Crippen molar-refractivity contribution in [3.8, 4) is 29.0 Å². The zero-order valence-corrected chi connectivity index (χ0v) is 10.7. The second-order valence-electron chi connectivity index (χ2n) is 4.28. The number of nitriles is 1. The van der Waals surface area contributed by atoms with Crippen LogP contribution in [0.2, 0.25) is 0 Å². The van der Waals surface area contributed by atoms with Crippen molar-refractivity contribution in [1.29, 1.82) is 5.26 Å². The fraction of sp³-hybridized carbons (Fsp3) is 0.0667. The van der Waals surface area contributed by atoms with E-state index in [4.69, 9.17) is 9.78 Å². The topological polar surface area (TPSA) is 75.6 Å². The summed E-state index contributed by atoms with van der Waals surface area (Å²) < 4.78 is 5.23. The first-order valence-corrected chi connectivity index (χ1v) is 6.04. The summed E-state index contributed by atoms with van der Waals surface area (Å²) in [6.45, 7) is 1.91. The molecule has 20 heavy (non-hydrogen) atoms. The average Bonchev–Trinajstić information content (AvgIpc) is 2.97. The van der Waals surface area contributed by atoms with E-state index in [1.54, 1.807) is 24.3 Å². The minimum absolute atomic E-state index is 0.410. The van der Waals surface area contributed by atoms with Crippen LogP contribution in [-0.2, 0) is 0 Å². The molecule has 0 spiro atoms. The van der Waals surface area contributed by atoms with Gasteiger partial charge >= 0.3 is 0 Å². The van der Waals surface area contributed by atoms with Crippen LogP contribution in [0.1, 0.15) is 11.3 Å². The lowest BCUT2D eigenvalue weighted by Gasteiger charge is -1.95. The van der Waals surface area contributed by atoms with Crippen LogP contribution in [0.5, 0.6) is 0 Å². The van der Waals surface area contributed by atoms with Gasteiger partial charge in [-0.2, -0.15) is 10.2 Å². The van der Waals surface area contributed by atoms with Gasteiger partial charge in [0.2, 0.25) is 5.82 Å². The SMILES string of the molecule is Cc1cccc(-c2noc(-c3ccc(C#N)cc3)n2)n1. The van der Waals surface area contributed by atoms with Gasteiger partial charge in [-0.15, -0.1) is 0 Å². The second-order valence-corrected chi connectivity index (χ2v) is 4.28. The maximum Gasteiger partial charge on any atom is 0.258 e. The molecular weight excluding hydrogens is 252 g/mol. The van der Waals surface area contributed by atoms with Crippen LogP contribution < -0.4 is 0 Å². The van der Waals surface area contributed by atoms with Crippen molar-refractivity contribution in [2.45, 2.75) is 6.92 Å². The molecular formula is C15H10N4O. The van der Waals surface area contributed by atoms with E-state index in [-0.39, 0.29) is 0 Å². The first-order chi connectivity index (χ1) is 9.76. The standard InChI is InChI=1S/C15H10N4O/c1-10-3-2-4-13(17-10)14-18-15(20-19-14)12-7-5-11(9-16)6-8-12/h2-8H,1H3. The van der Waals surface area contributed by atoms with Gasteiger partial charge in [0.05, 0.1) is 11.6 Å². The molecule has 3 rings (SSSR count). The zero-order valence-electron chi connectivity index (χ0n) is 10.7. The first kappa shape index (κ1) is 12.1. The van der Waals surface area contributed by atoms with E-state index in [0.29, 0.717) is 23.0 Å². The molecule has 0 unspecified atom stereocenters. The van der Waals surface area contributed by atoms with Crippen LogP contribution in [0.3, 0.4) is 0 Å². The van der Waals surface area contributed by atoms with E-state index in [0.717, 1.165) is 11.3 Å². The van der Waals surface area contributed by atoms with Crippen molar-refractivity contribution in [2.24, 2.45) is 0 Å². The highest BCUT2D eigenvalue weighted by atomic mass is 16.5. The van der Waals surface area contributed by atoms with Crippen molar-refractivity contribution in [3.05, 3.63) is 53.7 Å². The third kappa shape index (κ3) is 2.27. The lowest BCUT2D eigenvalue weighted by Crippen LogP contribution is -1.87. The van der Waals surface area contributed by atoms with E-state index < -0.39 is 0 Å². The highest BCUT2D eigenvalue weighted by Crippen LogP contribution is 2.21. The monoisotopic (exact) mass is 262 g/mol. The zero-order chi connectivity index (χ0) is 13.9. The summed E-state index contributed by atoms with van der Waals surface area (Å²) in [5.74, 6) is 0.862. The van der Waals surface area contributed by atoms with Gasteiger partial charge in [-0.1, -0.05) is 11.2 Å². The first-order valence-electron chi connectivity index (χ1n) is 6.04. The molecule has 0 amide bonds. The summed E-state index contributed by atoms with van der Waals surface area (Å²) in [5.41, 5.74) is 2.94. The van der Waals surface area contributed by atoms with Gasteiger partial charge in [0.15, 0.2) is 0 Å². The molecule has 0 aliphatic carbocycles. The Balaban J connectivity index is 1.95. The largest absolute Gasteiger partial charge is 0.334 e. The number of hydrogen-bond donors (Lipinski definition) is 0. The smallest absolute Gasteiger partial charge is 0.258 e. The summed E-state index contributed by atoms with van der Waals surface area (Å²) in [5, 5.41) is 12.7. The molecule has 96 valence electrons.